The number of hydrogen-bond acceptors (Lipinski definition) is 20. The van der Waals surface area contributed by atoms with E-state index >= 15 is 0 Å². The van der Waals surface area contributed by atoms with Gasteiger partial charge in [-0.2, -0.15) is 0 Å². The van der Waals surface area contributed by atoms with Gasteiger partial charge in [0.25, 0.3) is 5.91 Å². The summed E-state index contributed by atoms with van der Waals surface area (Å²) < 4.78 is 0. The van der Waals surface area contributed by atoms with E-state index in [0.29, 0.717) is 96.1 Å². The van der Waals surface area contributed by atoms with Crippen molar-refractivity contribution < 1.29 is 47.9 Å². The number of rotatable bonds is 46. The van der Waals surface area contributed by atoms with Gasteiger partial charge in [0.15, 0.2) is 5.96 Å². The second-order valence-corrected chi connectivity index (χ2v) is 21.1. The van der Waals surface area contributed by atoms with E-state index in [4.69, 9.17) is 57.3 Å². The van der Waals surface area contributed by atoms with Crippen LogP contribution in [0.15, 0.2) is 29.3 Å². The highest BCUT2D eigenvalue weighted by atomic mass is 16.2. The first kappa shape index (κ1) is 75.7. The molecule has 0 aliphatic carbocycles. The van der Waals surface area contributed by atoms with Crippen LogP contribution in [-0.4, -0.2) is 200 Å². The quantitative estimate of drug-likeness (QED) is 0.0125. The molecule has 10 amide bonds. The molecule has 0 bridgehead atoms. The lowest BCUT2D eigenvalue weighted by Gasteiger charge is -2.30. The largest absolute Gasteiger partial charge is 0.370 e. The summed E-state index contributed by atoms with van der Waals surface area (Å²) >= 11 is 0. The molecular formula is C54H101N23O10. The van der Waals surface area contributed by atoms with Crippen molar-refractivity contribution in [3.05, 3.63) is 30.0 Å². The molecule has 1 fully saturated rings. The third-order valence-electron chi connectivity index (χ3n) is 14.0. The molecule has 0 aromatic carbocycles. The van der Waals surface area contributed by atoms with Crippen LogP contribution in [-0.2, 0) is 54.4 Å². The maximum absolute atomic E-state index is 14.5. The first-order chi connectivity index (χ1) is 41.8. The fraction of sp³-hybridized carbons (Fsp3) is 0.704. The number of nitrogens with zero attached hydrogens (tertiary/aromatic N) is 3. The minimum atomic E-state index is -1.37. The van der Waals surface area contributed by atoms with Gasteiger partial charge in [0.2, 0.25) is 53.2 Å². The maximum atomic E-state index is 14.5. The van der Waals surface area contributed by atoms with Crippen LogP contribution < -0.4 is 105 Å². The summed E-state index contributed by atoms with van der Waals surface area (Å²) in [6, 6.07) is -9.33. The molecule has 87 heavy (non-hydrogen) atoms. The summed E-state index contributed by atoms with van der Waals surface area (Å²) in [5, 5.41) is 23.9. The molecule has 33 nitrogen and oxygen atoms in total. The number of H-pyrrole nitrogens is 1. The van der Waals surface area contributed by atoms with Crippen molar-refractivity contribution >= 4 is 65.0 Å². The Morgan fingerprint density at radius 3 is 1.71 bits per heavy atom. The Kier molecular flexibility index (Phi) is 38.4. The molecule has 2 unspecified atom stereocenters. The lowest BCUT2D eigenvalue weighted by Crippen LogP contribution is -2.59. The minimum absolute atomic E-state index is 0.0139. The number of aromatic nitrogens is 2. The number of carbonyl (C=O) groups is 10. The van der Waals surface area contributed by atoms with Crippen molar-refractivity contribution in [1.82, 2.24) is 62.7 Å². The van der Waals surface area contributed by atoms with Gasteiger partial charge in [-0.15, -0.1) is 0 Å². The van der Waals surface area contributed by atoms with Gasteiger partial charge in [0.1, 0.15) is 48.0 Å². The Bertz CT molecular complexity index is 2340. The van der Waals surface area contributed by atoms with Crippen molar-refractivity contribution in [3.8, 4) is 0 Å². The molecule has 33 heteroatoms. The van der Waals surface area contributed by atoms with Gasteiger partial charge in [-0.05, 0) is 155 Å². The van der Waals surface area contributed by atoms with E-state index in [9.17, 15) is 47.9 Å². The predicted molar refractivity (Wildman–Crippen MR) is 327 cm³/mol. The van der Waals surface area contributed by atoms with Crippen LogP contribution in [0.25, 0.3) is 0 Å². The van der Waals surface area contributed by atoms with Crippen molar-refractivity contribution in [2.45, 2.75) is 170 Å². The lowest BCUT2D eigenvalue weighted by atomic mass is 10.0. The van der Waals surface area contributed by atoms with E-state index in [1.165, 1.54) is 23.5 Å². The molecule has 0 radical (unpaired) electrons. The number of aliphatic imine (C=N–C) groups is 1. The van der Waals surface area contributed by atoms with Gasteiger partial charge in [-0.25, -0.2) is 4.98 Å². The zero-order chi connectivity index (χ0) is 64.5. The standard InChI is InChI=1S/C54H101N23O10/c55-20-4-1-12-35(62)45(79)71-40(19-26-61)50(84)75-39(18-25-60)47(81)68-32-44(78)70-41(15-9-24-59)53(87)77-29-11-17-43(77)52(86)76-42(30-34-31-65-33-69-34)51(85)74-37(14-3-6-22-57)48(82)73-38(16-10-28-67-54(63)64)49(83)72-36(13-2-5-21-56)46(80)66-27-8-7-23-58/h16,31,33,35-37,39-43H,1-15,17-30,32,55-62H2,(H,65,69)(H,66,80)(H,68,81)(H,70,78)(H,71,79)(H,72,83)(H,73,82)(H,74,85)(H,75,84)(H,76,86)(H4,63,64,67)/b38-16-/t35?,36-,37-,39-,40-,41+,42?,43-/m0/s1. The van der Waals surface area contributed by atoms with Crippen molar-refractivity contribution in [2.75, 3.05) is 72.0 Å². The average Bonchev–Trinajstić information content (AvgIpc) is 4.46. The van der Waals surface area contributed by atoms with Crippen LogP contribution in [0.1, 0.15) is 121 Å². The first-order valence-corrected chi connectivity index (χ1v) is 30.2. The Balaban J connectivity index is 2.35. The van der Waals surface area contributed by atoms with Gasteiger partial charge in [0, 0.05) is 37.9 Å². The highest BCUT2D eigenvalue weighted by Gasteiger charge is 2.40. The average molecular weight is 1230 g/mol. The van der Waals surface area contributed by atoms with Gasteiger partial charge < -0.3 is 115 Å². The molecule has 2 heterocycles. The normalized spacial score (nSPS) is 15.5. The molecule has 1 aliphatic heterocycles. The number of imidazole rings is 1. The summed E-state index contributed by atoms with van der Waals surface area (Å²) in [5.74, 6) is -7.33. The Hall–Kier alpha value is -7.40. The second kappa shape index (κ2) is 44.1. The fourth-order valence-corrected chi connectivity index (χ4v) is 9.23. The topological polar surface area (TPSA) is 583 Å². The third kappa shape index (κ3) is 29.7. The molecule has 1 aromatic heterocycles. The molecule has 8 atom stereocenters. The number of nitrogens with one attached hydrogen (secondary N) is 10. The van der Waals surface area contributed by atoms with Crippen molar-refractivity contribution in [2.24, 2.45) is 62.3 Å². The Labute approximate surface area is 508 Å². The molecule has 2 rings (SSSR count). The smallest absolute Gasteiger partial charge is 0.268 e. The highest BCUT2D eigenvalue weighted by Crippen LogP contribution is 2.21. The molecule has 1 aliphatic rings. The third-order valence-corrected chi connectivity index (χ3v) is 14.0. The van der Waals surface area contributed by atoms with Gasteiger partial charge in [-0.1, -0.05) is 12.5 Å². The van der Waals surface area contributed by atoms with Crippen LogP contribution in [0.2, 0.25) is 0 Å². The SMILES string of the molecule is NCCCCNC(=O)[C@H](CCCCN)NC(=O)/C(=C/CCN=C(N)N)NC(=O)[C@H](CCCCN)NC(=O)C(Cc1cnc[nH]1)NC(=O)[C@@H]1CCCN1C(=O)[C@@H](CCCN)NC(=O)CNC(=O)[C@H](CCN)NC(=O)[C@H](CCN)NC(=O)C(N)CCCCN. The molecule has 1 aromatic rings. The van der Waals surface area contributed by atoms with Crippen LogP contribution in [0.3, 0.4) is 0 Å². The maximum Gasteiger partial charge on any atom is 0.268 e. The van der Waals surface area contributed by atoms with Gasteiger partial charge in [-0.3, -0.25) is 52.9 Å². The molecule has 1 saturated heterocycles. The van der Waals surface area contributed by atoms with Crippen LogP contribution in [0, 0.1) is 0 Å². The highest BCUT2D eigenvalue weighted by molar-refractivity contribution is 6.02. The zero-order valence-electron chi connectivity index (χ0n) is 50.3. The zero-order valence-corrected chi connectivity index (χ0v) is 50.3. The monoisotopic (exact) mass is 1230 g/mol. The fourth-order valence-electron chi connectivity index (χ4n) is 9.23. The number of hydrogen-bond donors (Lipinski definition) is 20. The van der Waals surface area contributed by atoms with E-state index in [1.54, 1.807) is 0 Å². The molecule has 0 saturated carbocycles. The Morgan fingerprint density at radius 2 is 1.13 bits per heavy atom. The lowest BCUT2D eigenvalue weighted by molar-refractivity contribution is -0.142. The summed E-state index contributed by atoms with van der Waals surface area (Å²) in [6.07, 6.45) is 9.98. The van der Waals surface area contributed by atoms with Crippen molar-refractivity contribution in [3.63, 3.8) is 0 Å². The van der Waals surface area contributed by atoms with Gasteiger partial charge >= 0.3 is 0 Å². The number of likely N-dealkylation sites (tertiary alicyclic amines) is 1. The summed E-state index contributed by atoms with van der Waals surface area (Å²) in [6.45, 7) is 1.39. The molecular weight excluding hydrogens is 1130 g/mol. The van der Waals surface area contributed by atoms with E-state index in [-0.39, 0.29) is 109 Å². The number of nitrogens with two attached hydrogens (primary N) is 10. The molecule has 30 N–H and O–H groups in total. The van der Waals surface area contributed by atoms with E-state index in [2.05, 4.69) is 62.8 Å². The number of unbranched alkanes of at least 4 members (excludes halogenated alkanes) is 4. The van der Waals surface area contributed by atoms with Crippen LogP contribution in [0.5, 0.6) is 0 Å². The van der Waals surface area contributed by atoms with Crippen molar-refractivity contribution in [1.29, 1.82) is 0 Å². The number of carbonyl (C=O) groups excluding carboxylic acids is 10. The van der Waals surface area contributed by atoms with E-state index in [0.717, 1.165) is 0 Å². The van der Waals surface area contributed by atoms with Crippen LogP contribution >= 0.6 is 0 Å². The molecule has 0 spiro atoms. The second-order valence-electron chi connectivity index (χ2n) is 21.1. The summed E-state index contributed by atoms with van der Waals surface area (Å²) in [5.41, 5.74) is 57.3. The van der Waals surface area contributed by atoms with E-state index < -0.39 is 114 Å². The van der Waals surface area contributed by atoms with E-state index in [1.807, 2.05) is 0 Å². The predicted octanol–water partition coefficient (Wildman–Crippen LogP) is -7.36. The summed E-state index contributed by atoms with van der Waals surface area (Å²) in [7, 11) is 0. The Morgan fingerprint density at radius 1 is 0.586 bits per heavy atom. The first-order valence-electron chi connectivity index (χ1n) is 30.2. The minimum Gasteiger partial charge on any atom is -0.370 e. The summed E-state index contributed by atoms with van der Waals surface area (Å²) in [4.78, 5) is 150. The number of guanidine groups is 1. The molecule has 492 valence electrons. The number of amides is 10. The van der Waals surface area contributed by atoms with Gasteiger partial charge in [0.05, 0.1) is 18.9 Å². The number of aromatic amines is 1. The van der Waals surface area contributed by atoms with Crippen LogP contribution in [0.4, 0.5) is 0 Å².